The summed E-state index contributed by atoms with van der Waals surface area (Å²) in [6, 6.07) is 0. The highest BCUT2D eigenvalue weighted by Gasteiger charge is 2.19. The summed E-state index contributed by atoms with van der Waals surface area (Å²) in [4.78, 5) is 38.1. The molecule has 0 aromatic heterocycles. The molecule has 0 aromatic rings. The number of hydrogen-bond acceptors (Lipinski definition) is 6. The van der Waals surface area contributed by atoms with Crippen LogP contribution in [0.1, 0.15) is 311 Å². The van der Waals surface area contributed by atoms with Crippen molar-refractivity contribution < 1.29 is 28.6 Å². The summed E-state index contributed by atoms with van der Waals surface area (Å²) in [6.07, 6.45) is 50.9. The van der Waals surface area contributed by atoms with Gasteiger partial charge in [-0.2, -0.15) is 0 Å². The van der Waals surface area contributed by atoms with Gasteiger partial charge in [0, 0.05) is 19.3 Å². The molecule has 0 rings (SSSR count). The topological polar surface area (TPSA) is 78.9 Å². The molecular weight excluding hydrogens is 769 g/mol. The van der Waals surface area contributed by atoms with Gasteiger partial charge in [-0.05, 0) is 31.1 Å². The predicted octanol–water partition coefficient (Wildman–Crippen LogP) is 18.1. The van der Waals surface area contributed by atoms with Crippen LogP contribution in [0.3, 0.4) is 0 Å². The van der Waals surface area contributed by atoms with Crippen molar-refractivity contribution in [3.8, 4) is 0 Å². The lowest BCUT2D eigenvalue weighted by molar-refractivity contribution is -0.167. The first-order valence-corrected chi connectivity index (χ1v) is 27.7. The third-order valence-electron chi connectivity index (χ3n) is 12.7. The fourth-order valence-corrected chi connectivity index (χ4v) is 8.52. The minimum atomic E-state index is -0.762. The Kier molecular flexibility index (Phi) is 47.6. The zero-order chi connectivity index (χ0) is 45.4. The van der Waals surface area contributed by atoms with Gasteiger partial charge in [0.05, 0.1) is 0 Å². The Hall–Kier alpha value is -1.59. The van der Waals surface area contributed by atoms with Crippen LogP contribution < -0.4 is 0 Å². The highest BCUT2D eigenvalue weighted by Crippen LogP contribution is 2.18. The van der Waals surface area contributed by atoms with E-state index in [0.717, 1.165) is 69.6 Å². The number of unbranched alkanes of at least 4 members (excludes halogenated alkanes) is 35. The first-order chi connectivity index (χ1) is 30.2. The maximum absolute atomic E-state index is 12.8. The molecule has 0 amide bonds. The Morgan fingerprint density at radius 3 is 0.790 bits per heavy atom. The predicted molar refractivity (Wildman–Crippen MR) is 266 cm³/mol. The van der Waals surface area contributed by atoms with Crippen LogP contribution in [0, 0.1) is 11.8 Å². The molecule has 0 aliphatic heterocycles. The first kappa shape index (κ1) is 60.4. The molecule has 0 unspecified atom stereocenters. The monoisotopic (exact) mass is 877 g/mol. The molecule has 0 spiro atoms. The van der Waals surface area contributed by atoms with Crippen LogP contribution in [0.2, 0.25) is 0 Å². The molecule has 368 valence electrons. The van der Waals surface area contributed by atoms with Crippen molar-refractivity contribution >= 4 is 17.9 Å². The minimum absolute atomic E-state index is 0.0630. The fourth-order valence-electron chi connectivity index (χ4n) is 8.52. The summed E-state index contributed by atoms with van der Waals surface area (Å²) < 4.78 is 16.9. The molecule has 0 fully saturated rings. The lowest BCUT2D eigenvalue weighted by Gasteiger charge is -2.18. The second-order valence-electron chi connectivity index (χ2n) is 20.2. The van der Waals surface area contributed by atoms with E-state index in [1.807, 2.05) is 0 Å². The van der Waals surface area contributed by atoms with Gasteiger partial charge in [-0.15, -0.1) is 0 Å². The second kappa shape index (κ2) is 48.9. The van der Waals surface area contributed by atoms with E-state index in [0.29, 0.717) is 19.3 Å². The molecule has 0 aliphatic rings. The van der Waals surface area contributed by atoms with Crippen molar-refractivity contribution in [1.29, 1.82) is 0 Å². The van der Waals surface area contributed by atoms with Crippen LogP contribution in [-0.2, 0) is 28.6 Å². The highest BCUT2D eigenvalue weighted by molar-refractivity contribution is 5.71. The van der Waals surface area contributed by atoms with E-state index in [4.69, 9.17) is 14.2 Å². The third kappa shape index (κ3) is 49.4. The standard InChI is InChI=1S/C56H108O6/c1-6-7-8-9-10-11-12-13-16-21-26-31-36-41-46-54(57)60-49-53(62-56(59)48-43-38-33-28-23-18-20-25-30-35-40-45-52(4)5)50-61-55(58)47-42-37-32-27-22-17-14-15-19-24-29-34-39-44-51(2)3/h51-53H,6-50H2,1-5H3/t53-/m1/s1. The van der Waals surface area contributed by atoms with Gasteiger partial charge < -0.3 is 14.2 Å². The van der Waals surface area contributed by atoms with E-state index in [1.54, 1.807) is 0 Å². The van der Waals surface area contributed by atoms with Gasteiger partial charge in [0.25, 0.3) is 0 Å². The summed E-state index contributed by atoms with van der Waals surface area (Å²) in [5.74, 6) is 0.822. The van der Waals surface area contributed by atoms with E-state index in [9.17, 15) is 14.4 Å². The van der Waals surface area contributed by atoms with Gasteiger partial charge in [-0.25, -0.2) is 0 Å². The lowest BCUT2D eigenvalue weighted by atomic mass is 10.0. The zero-order valence-corrected chi connectivity index (χ0v) is 42.5. The molecule has 0 saturated carbocycles. The van der Waals surface area contributed by atoms with E-state index < -0.39 is 6.10 Å². The lowest BCUT2D eigenvalue weighted by Crippen LogP contribution is -2.30. The highest BCUT2D eigenvalue weighted by atomic mass is 16.6. The summed E-state index contributed by atoms with van der Waals surface area (Å²) in [5.41, 5.74) is 0. The van der Waals surface area contributed by atoms with Crippen molar-refractivity contribution in [2.24, 2.45) is 11.8 Å². The molecule has 1 atom stereocenters. The van der Waals surface area contributed by atoms with Gasteiger partial charge >= 0.3 is 17.9 Å². The molecule has 0 heterocycles. The van der Waals surface area contributed by atoms with E-state index in [-0.39, 0.29) is 31.1 Å². The number of carbonyl (C=O) groups is 3. The average Bonchev–Trinajstić information content (AvgIpc) is 3.24. The summed E-state index contributed by atoms with van der Waals surface area (Å²) in [7, 11) is 0. The van der Waals surface area contributed by atoms with Crippen molar-refractivity contribution in [2.45, 2.75) is 317 Å². The largest absolute Gasteiger partial charge is 0.462 e. The maximum atomic E-state index is 12.8. The molecule has 6 nitrogen and oxygen atoms in total. The number of ether oxygens (including phenoxy) is 3. The number of rotatable bonds is 50. The number of hydrogen-bond donors (Lipinski definition) is 0. The van der Waals surface area contributed by atoms with E-state index in [1.165, 1.54) is 199 Å². The second-order valence-corrected chi connectivity index (χ2v) is 20.2. The molecule has 6 heteroatoms. The number of carbonyl (C=O) groups excluding carboxylic acids is 3. The van der Waals surface area contributed by atoms with Gasteiger partial charge in [0.2, 0.25) is 0 Å². The summed E-state index contributed by atoms with van der Waals surface area (Å²) in [6.45, 7) is 11.4. The van der Waals surface area contributed by atoms with Gasteiger partial charge in [-0.1, -0.05) is 272 Å². The molecular formula is C56H108O6. The smallest absolute Gasteiger partial charge is 0.306 e. The quantitative estimate of drug-likeness (QED) is 0.0344. The average molecular weight is 877 g/mol. The maximum Gasteiger partial charge on any atom is 0.306 e. The third-order valence-corrected chi connectivity index (χ3v) is 12.7. The minimum Gasteiger partial charge on any atom is -0.462 e. The Morgan fingerprint density at radius 2 is 0.532 bits per heavy atom. The van der Waals surface area contributed by atoms with E-state index >= 15 is 0 Å². The molecule has 62 heavy (non-hydrogen) atoms. The van der Waals surface area contributed by atoms with Gasteiger partial charge in [0.1, 0.15) is 13.2 Å². The molecule has 0 radical (unpaired) electrons. The molecule has 0 aromatic carbocycles. The molecule has 0 bridgehead atoms. The Labute approximate surface area is 387 Å². The van der Waals surface area contributed by atoms with Crippen LogP contribution in [0.4, 0.5) is 0 Å². The SMILES string of the molecule is CCCCCCCCCCCCCCCCC(=O)OC[C@H](COC(=O)CCCCCCCCCCCCCCCC(C)C)OC(=O)CCCCCCCCCCCCCC(C)C. The summed E-state index contributed by atoms with van der Waals surface area (Å²) >= 11 is 0. The summed E-state index contributed by atoms with van der Waals surface area (Å²) in [5, 5.41) is 0. The van der Waals surface area contributed by atoms with Gasteiger partial charge in [-0.3, -0.25) is 14.4 Å². The Balaban J connectivity index is 4.31. The molecule has 0 saturated heterocycles. The molecule has 0 aliphatic carbocycles. The number of esters is 3. The van der Waals surface area contributed by atoms with Crippen molar-refractivity contribution in [1.82, 2.24) is 0 Å². The zero-order valence-electron chi connectivity index (χ0n) is 42.5. The van der Waals surface area contributed by atoms with Crippen LogP contribution in [0.5, 0.6) is 0 Å². The van der Waals surface area contributed by atoms with Crippen LogP contribution >= 0.6 is 0 Å². The first-order valence-electron chi connectivity index (χ1n) is 27.7. The molecule has 0 N–H and O–H groups in total. The van der Waals surface area contributed by atoms with Crippen LogP contribution in [0.25, 0.3) is 0 Å². The van der Waals surface area contributed by atoms with Crippen LogP contribution in [-0.4, -0.2) is 37.2 Å². The Morgan fingerprint density at radius 1 is 0.306 bits per heavy atom. The van der Waals surface area contributed by atoms with Crippen molar-refractivity contribution in [3.63, 3.8) is 0 Å². The Bertz CT molecular complexity index is 947. The normalized spacial score (nSPS) is 12.0. The fraction of sp³-hybridized carbons (Fsp3) is 0.946. The van der Waals surface area contributed by atoms with Gasteiger partial charge in [0.15, 0.2) is 6.10 Å². The van der Waals surface area contributed by atoms with E-state index in [2.05, 4.69) is 34.6 Å². The van der Waals surface area contributed by atoms with Crippen LogP contribution in [0.15, 0.2) is 0 Å². The van der Waals surface area contributed by atoms with Crippen molar-refractivity contribution in [3.05, 3.63) is 0 Å². The van der Waals surface area contributed by atoms with Crippen molar-refractivity contribution in [2.75, 3.05) is 13.2 Å².